The molecule has 1 amide bonds. The van der Waals surface area contributed by atoms with Crippen LogP contribution in [0.5, 0.6) is 5.75 Å². The number of likely N-dealkylation sites (tertiary alicyclic amines) is 1. The van der Waals surface area contributed by atoms with Crippen molar-refractivity contribution < 1.29 is 9.53 Å². The molecule has 4 heteroatoms. The lowest BCUT2D eigenvalue weighted by Gasteiger charge is -2.18. The molecule has 98 valence electrons. The zero-order valence-electron chi connectivity index (χ0n) is 11.0. The van der Waals surface area contributed by atoms with Crippen LogP contribution in [0.25, 0.3) is 0 Å². The minimum atomic E-state index is 0.0823. The third-order valence-corrected chi connectivity index (χ3v) is 3.47. The number of anilines is 1. The van der Waals surface area contributed by atoms with Gasteiger partial charge in [-0.15, -0.1) is 0 Å². The molecule has 1 aliphatic heterocycles. The molecule has 1 N–H and O–H groups in total. The molecule has 1 aliphatic rings. The molecule has 1 heterocycles. The van der Waals surface area contributed by atoms with Crippen molar-refractivity contribution in [2.24, 2.45) is 0 Å². The van der Waals surface area contributed by atoms with Crippen molar-refractivity contribution in [3.63, 3.8) is 0 Å². The Morgan fingerprint density at radius 3 is 2.72 bits per heavy atom. The van der Waals surface area contributed by atoms with E-state index < -0.39 is 0 Å². The van der Waals surface area contributed by atoms with Crippen LogP contribution in [0.1, 0.15) is 19.3 Å². The summed E-state index contributed by atoms with van der Waals surface area (Å²) in [4.78, 5) is 14.2. The van der Waals surface area contributed by atoms with E-state index in [2.05, 4.69) is 17.3 Å². The van der Waals surface area contributed by atoms with Gasteiger partial charge in [0.25, 0.3) is 0 Å². The first kappa shape index (κ1) is 12.9. The van der Waals surface area contributed by atoms with Crippen LogP contribution in [-0.2, 0) is 4.79 Å². The molecule has 18 heavy (non-hydrogen) atoms. The van der Waals surface area contributed by atoms with Crippen LogP contribution in [-0.4, -0.2) is 37.6 Å². The highest BCUT2D eigenvalue weighted by Crippen LogP contribution is 2.19. The molecule has 0 radical (unpaired) electrons. The lowest BCUT2D eigenvalue weighted by Crippen LogP contribution is -2.29. The summed E-state index contributed by atoms with van der Waals surface area (Å²) in [5.74, 6) is 0.877. The number of nitrogens with one attached hydrogen (secondary N) is 1. The summed E-state index contributed by atoms with van der Waals surface area (Å²) in [7, 11) is 3.71. The molecule has 1 unspecified atom stereocenters. The van der Waals surface area contributed by atoms with E-state index in [1.807, 2.05) is 24.3 Å². The van der Waals surface area contributed by atoms with Gasteiger partial charge >= 0.3 is 0 Å². The summed E-state index contributed by atoms with van der Waals surface area (Å²) in [6.07, 6.45) is 2.88. The second-order valence-electron chi connectivity index (χ2n) is 4.76. The molecular formula is C14H20N2O2. The molecule has 0 spiro atoms. The Morgan fingerprint density at radius 2 is 2.17 bits per heavy atom. The molecule has 0 bridgehead atoms. The minimum absolute atomic E-state index is 0.0823. The third kappa shape index (κ3) is 3.23. The summed E-state index contributed by atoms with van der Waals surface area (Å²) in [6, 6.07) is 7.79. The molecule has 4 nitrogen and oxygen atoms in total. The number of hydrogen-bond donors (Lipinski definition) is 1. The van der Waals surface area contributed by atoms with Gasteiger partial charge in [-0.1, -0.05) is 0 Å². The van der Waals surface area contributed by atoms with Gasteiger partial charge in [-0.25, -0.2) is 0 Å². The predicted molar refractivity (Wildman–Crippen MR) is 71.9 cm³/mol. The highest BCUT2D eigenvalue weighted by atomic mass is 16.5. The largest absolute Gasteiger partial charge is 0.497 e. The number of carbonyl (C=O) groups excluding carboxylic acids is 1. The minimum Gasteiger partial charge on any atom is -0.497 e. The Labute approximate surface area is 108 Å². The van der Waals surface area contributed by atoms with E-state index in [0.29, 0.717) is 12.5 Å². The number of amides is 1. The molecular weight excluding hydrogens is 228 g/mol. The second-order valence-corrected chi connectivity index (χ2v) is 4.76. The standard InChI is InChI=1S/C14H20N2O2/c1-16-9-3-4-12(16)10-14(17)15-11-5-7-13(18-2)8-6-11/h5-8,12H,3-4,9-10H2,1-2H3,(H,15,17). The molecule has 1 atom stereocenters. The molecule has 0 saturated carbocycles. The van der Waals surface area contributed by atoms with E-state index in [4.69, 9.17) is 4.74 Å². The molecule has 0 aromatic heterocycles. The Kier molecular flexibility index (Phi) is 4.20. The van der Waals surface area contributed by atoms with Gasteiger partial charge in [0.05, 0.1) is 7.11 Å². The summed E-state index contributed by atoms with van der Waals surface area (Å²) >= 11 is 0. The van der Waals surface area contributed by atoms with Crippen molar-refractivity contribution in [3.05, 3.63) is 24.3 Å². The summed E-state index contributed by atoms with van der Waals surface area (Å²) in [5.41, 5.74) is 0.821. The number of methoxy groups -OCH3 is 1. The van der Waals surface area contributed by atoms with E-state index in [1.54, 1.807) is 7.11 Å². The van der Waals surface area contributed by atoms with Crippen LogP contribution in [0.3, 0.4) is 0 Å². The molecule has 1 aromatic rings. The monoisotopic (exact) mass is 248 g/mol. The maximum atomic E-state index is 11.9. The molecule has 0 aliphatic carbocycles. The average molecular weight is 248 g/mol. The third-order valence-electron chi connectivity index (χ3n) is 3.47. The van der Waals surface area contributed by atoms with Crippen molar-refractivity contribution in [2.75, 3.05) is 26.0 Å². The number of ether oxygens (including phenoxy) is 1. The van der Waals surface area contributed by atoms with Gasteiger partial charge in [0.1, 0.15) is 5.75 Å². The van der Waals surface area contributed by atoms with Crippen molar-refractivity contribution >= 4 is 11.6 Å². The van der Waals surface area contributed by atoms with E-state index >= 15 is 0 Å². The van der Waals surface area contributed by atoms with E-state index in [0.717, 1.165) is 24.4 Å². The summed E-state index contributed by atoms with van der Waals surface area (Å²) in [6.45, 7) is 1.10. The maximum Gasteiger partial charge on any atom is 0.225 e. The lowest BCUT2D eigenvalue weighted by atomic mass is 10.1. The Morgan fingerprint density at radius 1 is 1.44 bits per heavy atom. The fourth-order valence-electron chi connectivity index (χ4n) is 2.34. The lowest BCUT2D eigenvalue weighted by molar-refractivity contribution is -0.117. The van der Waals surface area contributed by atoms with Gasteiger partial charge in [-0.2, -0.15) is 0 Å². The fraction of sp³-hybridized carbons (Fsp3) is 0.500. The number of rotatable bonds is 4. The summed E-state index contributed by atoms with van der Waals surface area (Å²) in [5, 5.41) is 2.92. The zero-order valence-corrected chi connectivity index (χ0v) is 11.0. The van der Waals surface area contributed by atoms with Crippen molar-refractivity contribution in [1.82, 2.24) is 4.90 Å². The maximum absolute atomic E-state index is 11.9. The van der Waals surface area contributed by atoms with Crippen molar-refractivity contribution in [2.45, 2.75) is 25.3 Å². The second kappa shape index (κ2) is 5.87. The van der Waals surface area contributed by atoms with Crippen LogP contribution < -0.4 is 10.1 Å². The molecule has 1 saturated heterocycles. The van der Waals surface area contributed by atoms with Gasteiger partial charge in [-0.05, 0) is 50.7 Å². The van der Waals surface area contributed by atoms with Gasteiger partial charge in [-0.3, -0.25) is 4.79 Å². The normalized spacial score (nSPS) is 19.8. The number of nitrogens with zero attached hydrogens (tertiary/aromatic N) is 1. The fourth-order valence-corrected chi connectivity index (χ4v) is 2.34. The number of carbonyl (C=O) groups is 1. The molecule has 2 rings (SSSR count). The van der Waals surface area contributed by atoms with E-state index in [-0.39, 0.29) is 5.91 Å². The highest BCUT2D eigenvalue weighted by Gasteiger charge is 2.23. The quantitative estimate of drug-likeness (QED) is 0.887. The highest BCUT2D eigenvalue weighted by molar-refractivity contribution is 5.91. The molecule has 1 fully saturated rings. The number of hydrogen-bond acceptors (Lipinski definition) is 3. The van der Waals surface area contributed by atoms with E-state index in [9.17, 15) is 4.79 Å². The average Bonchev–Trinajstić information content (AvgIpc) is 2.76. The van der Waals surface area contributed by atoms with Crippen molar-refractivity contribution in [1.29, 1.82) is 0 Å². The predicted octanol–water partition coefficient (Wildman–Crippen LogP) is 2.12. The Bertz CT molecular complexity index is 403. The number of benzene rings is 1. The first-order chi connectivity index (χ1) is 8.69. The SMILES string of the molecule is COc1ccc(NC(=O)CC2CCCN2C)cc1. The van der Waals surface area contributed by atoms with Gasteiger partial charge in [0, 0.05) is 18.2 Å². The Hall–Kier alpha value is -1.55. The smallest absolute Gasteiger partial charge is 0.225 e. The van der Waals surface area contributed by atoms with Crippen LogP contribution in [0.2, 0.25) is 0 Å². The van der Waals surface area contributed by atoms with Gasteiger partial charge in [0.2, 0.25) is 5.91 Å². The zero-order chi connectivity index (χ0) is 13.0. The molecule has 1 aromatic carbocycles. The topological polar surface area (TPSA) is 41.6 Å². The van der Waals surface area contributed by atoms with E-state index in [1.165, 1.54) is 6.42 Å². The van der Waals surface area contributed by atoms with Crippen LogP contribution in [0.15, 0.2) is 24.3 Å². The van der Waals surface area contributed by atoms with Crippen molar-refractivity contribution in [3.8, 4) is 5.75 Å². The van der Waals surface area contributed by atoms with Crippen LogP contribution in [0.4, 0.5) is 5.69 Å². The van der Waals surface area contributed by atoms with Crippen LogP contribution >= 0.6 is 0 Å². The Balaban J connectivity index is 1.86. The van der Waals surface area contributed by atoms with Gasteiger partial charge in [0.15, 0.2) is 0 Å². The van der Waals surface area contributed by atoms with Gasteiger partial charge < -0.3 is 15.0 Å². The first-order valence-corrected chi connectivity index (χ1v) is 6.33. The first-order valence-electron chi connectivity index (χ1n) is 6.33. The summed E-state index contributed by atoms with van der Waals surface area (Å²) < 4.78 is 5.08. The van der Waals surface area contributed by atoms with Crippen LogP contribution in [0, 0.1) is 0 Å².